The van der Waals surface area contributed by atoms with E-state index in [9.17, 15) is 9.90 Å². The number of anilines is 1. The lowest BCUT2D eigenvalue weighted by atomic mass is 10.2. The number of nitrogens with one attached hydrogen (secondary N) is 1. The van der Waals surface area contributed by atoms with Crippen LogP contribution in [-0.4, -0.2) is 53.0 Å². The monoisotopic (exact) mass is 322 g/mol. The molecule has 0 aliphatic carbocycles. The van der Waals surface area contributed by atoms with Crippen LogP contribution in [0.15, 0.2) is 28.4 Å². The van der Waals surface area contributed by atoms with Crippen LogP contribution >= 0.6 is 11.8 Å². The van der Waals surface area contributed by atoms with Crippen molar-refractivity contribution >= 4 is 34.7 Å². The zero-order valence-corrected chi connectivity index (χ0v) is 13.0. The normalized spacial score (nSPS) is 16.5. The van der Waals surface area contributed by atoms with Crippen molar-refractivity contribution in [1.29, 1.82) is 0 Å². The smallest absolute Gasteiger partial charge is 0.236 e. The molecule has 3 N–H and O–H groups in total. The van der Waals surface area contributed by atoms with E-state index in [1.165, 1.54) is 18.0 Å². The van der Waals surface area contributed by atoms with Crippen molar-refractivity contribution in [2.45, 2.75) is 6.92 Å². The lowest BCUT2D eigenvalue weighted by Crippen LogP contribution is -2.26. The molecule has 8 heteroatoms. The van der Waals surface area contributed by atoms with Gasteiger partial charge in [0.05, 0.1) is 18.6 Å². The van der Waals surface area contributed by atoms with E-state index in [-0.39, 0.29) is 18.3 Å². The van der Waals surface area contributed by atoms with Gasteiger partial charge in [-0.1, -0.05) is 11.8 Å². The molecule has 0 radical (unpaired) electrons. The van der Waals surface area contributed by atoms with E-state index in [2.05, 4.69) is 15.5 Å². The number of phenolic OH excluding ortho intramolecular Hbond substituents is 1. The predicted molar refractivity (Wildman–Crippen MR) is 88.7 cm³/mol. The molecule has 1 saturated heterocycles. The van der Waals surface area contributed by atoms with Crippen LogP contribution in [-0.2, 0) is 4.79 Å². The summed E-state index contributed by atoms with van der Waals surface area (Å²) >= 11 is 1.29. The molecule has 1 aliphatic rings. The minimum absolute atomic E-state index is 0.0543. The highest BCUT2D eigenvalue weighted by Crippen LogP contribution is 2.23. The van der Waals surface area contributed by atoms with Crippen molar-refractivity contribution in [2.24, 2.45) is 10.2 Å². The SMILES string of the molecule is CCN(CCO)c1ccc(C=NN=C2NC(=O)CS2)c(O)c1. The second kappa shape index (κ2) is 7.81. The topological polar surface area (TPSA) is 97.5 Å². The van der Waals surface area contributed by atoms with Crippen LogP contribution in [0.1, 0.15) is 12.5 Å². The van der Waals surface area contributed by atoms with Gasteiger partial charge in [-0.3, -0.25) is 4.79 Å². The zero-order valence-electron chi connectivity index (χ0n) is 12.2. The maximum absolute atomic E-state index is 11.0. The third-order valence-corrected chi connectivity index (χ3v) is 3.93. The van der Waals surface area contributed by atoms with Gasteiger partial charge in [-0.2, -0.15) is 5.10 Å². The number of amidine groups is 1. The van der Waals surface area contributed by atoms with Crippen molar-refractivity contribution in [3.05, 3.63) is 23.8 Å². The molecular formula is C14H18N4O3S. The minimum atomic E-state index is -0.0882. The molecule has 0 unspecified atom stereocenters. The Hall–Kier alpha value is -2.06. The van der Waals surface area contributed by atoms with Crippen molar-refractivity contribution in [3.63, 3.8) is 0 Å². The molecule has 1 heterocycles. The van der Waals surface area contributed by atoms with Crippen LogP contribution in [0.4, 0.5) is 5.69 Å². The maximum Gasteiger partial charge on any atom is 0.236 e. The molecule has 0 saturated carbocycles. The van der Waals surface area contributed by atoms with Crippen LogP contribution in [0, 0.1) is 0 Å². The van der Waals surface area contributed by atoms with Gasteiger partial charge in [0.1, 0.15) is 5.75 Å². The summed E-state index contributed by atoms with van der Waals surface area (Å²) in [7, 11) is 0. The zero-order chi connectivity index (χ0) is 15.9. The average molecular weight is 322 g/mol. The van der Waals surface area contributed by atoms with Gasteiger partial charge in [0, 0.05) is 30.4 Å². The number of phenols is 1. The molecule has 2 rings (SSSR count). The summed E-state index contributed by atoms with van der Waals surface area (Å²) in [6.07, 6.45) is 1.43. The fraction of sp³-hybridized carbons (Fsp3) is 0.357. The molecule has 1 aromatic rings. The molecule has 1 amide bonds. The van der Waals surface area contributed by atoms with E-state index in [1.54, 1.807) is 12.1 Å². The number of carbonyl (C=O) groups is 1. The molecule has 22 heavy (non-hydrogen) atoms. The number of nitrogens with zero attached hydrogens (tertiary/aromatic N) is 3. The first-order chi connectivity index (χ1) is 10.6. The lowest BCUT2D eigenvalue weighted by Gasteiger charge is -2.22. The number of hydrogen-bond acceptors (Lipinski definition) is 7. The number of likely N-dealkylation sites (N-methyl/N-ethyl adjacent to an activating group) is 1. The molecule has 118 valence electrons. The summed E-state index contributed by atoms with van der Waals surface area (Å²) in [5.74, 6) is 0.349. The van der Waals surface area contributed by atoms with Crippen molar-refractivity contribution in [2.75, 3.05) is 30.3 Å². The summed E-state index contributed by atoms with van der Waals surface area (Å²) in [6.45, 7) is 3.27. The van der Waals surface area contributed by atoms with Gasteiger partial charge >= 0.3 is 0 Å². The number of aromatic hydroxyl groups is 1. The Morgan fingerprint density at radius 3 is 2.91 bits per heavy atom. The molecule has 0 bridgehead atoms. The largest absolute Gasteiger partial charge is 0.507 e. The Bertz CT molecular complexity index is 604. The van der Waals surface area contributed by atoms with Crippen molar-refractivity contribution in [1.82, 2.24) is 5.32 Å². The highest BCUT2D eigenvalue weighted by molar-refractivity contribution is 8.15. The van der Waals surface area contributed by atoms with Gasteiger partial charge in [0.2, 0.25) is 5.91 Å². The van der Waals surface area contributed by atoms with Crippen molar-refractivity contribution < 1.29 is 15.0 Å². The van der Waals surface area contributed by atoms with Gasteiger partial charge in [-0.05, 0) is 19.1 Å². The standard InChI is InChI=1S/C14H18N4O3S/c1-2-18(5-6-19)11-4-3-10(12(20)7-11)8-15-17-14-16-13(21)9-22-14/h3-4,7-8,19-20H,2,5-6,9H2,1H3,(H,16,17,21). The van der Waals surface area contributed by atoms with Crippen LogP contribution in [0.5, 0.6) is 5.75 Å². The third kappa shape index (κ3) is 4.22. The number of rotatable bonds is 6. The molecule has 1 aliphatic heterocycles. The number of benzene rings is 1. The summed E-state index contributed by atoms with van der Waals surface area (Å²) in [5.41, 5.74) is 1.36. The first-order valence-corrected chi connectivity index (χ1v) is 7.85. The molecule has 7 nitrogen and oxygen atoms in total. The highest BCUT2D eigenvalue weighted by atomic mass is 32.2. The fourth-order valence-electron chi connectivity index (χ4n) is 1.95. The minimum Gasteiger partial charge on any atom is -0.507 e. The second-order valence-corrected chi connectivity index (χ2v) is 5.50. The Morgan fingerprint density at radius 2 is 2.32 bits per heavy atom. The van der Waals surface area contributed by atoms with Crippen LogP contribution in [0.2, 0.25) is 0 Å². The Labute approximate surface area is 132 Å². The highest BCUT2D eigenvalue weighted by Gasteiger charge is 2.16. The molecule has 1 fully saturated rings. The van der Waals surface area contributed by atoms with E-state index in [4.69, 9.17) is 5.11 Å². The van der Waals surface area contributed by atoms with Crippen LogP contribution in [0.25, 0.3) is 0 Å². The summed E-state index contributed by atoms with van der Waals surface area (Å²) in [4.78, 5) is 12.9. The van der Waals surface area contributed by atoms with Gasteiger partial charge < -0.3 is 20.4 Å². The van der Waals surface area contributed by atoms with Crippen LogP contribution < -0.4 is 10.2 Å². The first kappa shape index (κ1) is 16.3. The second-order valence-electron chi connectivity index (χ2n) is 4.53. The van der Waals surface area contributed by atoms with Crippen LogP contribution in [0.3, 0.4) is 0 Å². The molecule has 0 atom stereocenters. The summed E-state index contributed by atoms with van der Waals surface area (Å²) in [6, 6.07) is 5.20. The average Bonchev–Trinajstić information content (AvgIpc) is 2.92. The fourth-order valence-corrected chi connectivity index (χ4v) is 2.58. The van der Waals surface area contributed by atoms with Crippen molar-refractivity contribution in [3.8, 4) is 5.75 Å². The number of carbonyl (C=O) groups excluding carboxylic acids is 1. The maximum atomic E-state index is 11.0. The molecular weight excluding hydrogens is 304 g/mol. The number of thioether (sulfide) groups is 1. The summed E-state index contributed by atoms with van der Waals surface area (Å²) < 4.78 is 0. The van der Waals surface area contributed by atoms with E-state index < -0.39 is 0 Å². The summed E-state index contributed by atoms with van der Waals surface area (Å²) in [5, 5.41) is 29.8. The predicted octanol–water partition coefficient (Wildman–Crippen LogP) is 0.764. The Balaban J connectivity index is 2.08. The molecule has 0 aromatic heterocycles. The lowest BCUT2D eigenvalue weighted by molar-refractivity contribution is -0.116. The van der Waals surface area contributed by atoms with E-state index in [1.807, 2.05) is 17.9 Å². The first-order valence-electron chi connectivity index (χ1n) is 6.86. The number of hydrogen-bond donors (Lipinski definition) is 3. The van der Waals surface area contributed by atoms with Gasteiger partial charge in [0.25, 0.3) is 0 Å². The molecule has 0 spiro atoms. The van der Waals surface area contributed by atoms with Gasteiger partial charge in [-0.15, -0.1) is 5.10 Å². The van der Waals surface area contributed by atoms with E-state index in [0.29, 0.717) is 23.0 Å². The Morgan fingerprint density at radius 1 is 1.50 bits per heavy atom. The van der Waals surface area contributed by atoms with E-state index >= 15 is 0 Å². The molecule has 1 aromatic carbocycles. The van der Waals surface area contributed by atoms with Gasteiger partial charge in [0.15, 0.2) is 5.17 Å². The number of aliphatic hydroxyl groups is 1. The Kier molecular flexibility index (Phi) is 5.79. The third-order valence-electron chi connectivity index (χ3n) is 3.06. The van der Waals surface area contributed by atoms with E-state index in [0.717, 1.165) is 12.2 Å². The number of aliphatic hydroxyl groups excluding tert-OH is 1. The number of amides is 1. The van der Waals surface area contributed by atoms with Gasteiger partial charge in [-0.25, -0.2) is 0 Å². The quantitative estimate of drug-likeness (QED) is 0.531.